The van der Waals surface area contributed by atoms with Crippen molar-refractivity contribution in [3.8, 4) is 0 Å². The van der Waals surface area contributed by atoms with E-state index >= 15 is 0 Å². The van der Waals surface area contributed by atoms with Gasteiger partial charge in [-0.3, -0.25) is 4.79 Å². The van der Waals surface area contributed by atoms with Gasteiger partial charge in [0.1, 0.15) is 0 Å². The van der Waals surface area contributed by atoms with Crippen LogP contribution < -0.4 is 0 Å². The molecule has 4 nitrogen and oxygen atoms in total. The van der Waals surface area contributed by atoms with Crippen molar-refractivity contribution in [1.82, 2.24) is 4.90 Å². The summed E-state index contributed by atoms with van der Waals surface area (Å²) < 4.78 is 11.8. The van der Waals surface area contributed by atoms with Gasteiger partial charge >= 0.3 is 7.12 Å². The number of amides is 1. The van der Waals surface area contributed by atoms with E-state index in [0.717, 1.165) is 5.47 Å². The van der Waals surface area contributed by atoms with E-state index < -0.39 is 7.12 Å². The van der Waals surface area contributed by atoms with Crippen molar-refractivity contribution in [3.05, 3.63) is 11.5 Å². The largest absolute Gasteiger partial charge is 0.490 e. The number of rotatable bonds is 4. The van der Waals surface area contributed by atoms with Crippen molar-refractivity contribution in [2.75, 3.05) is 13.1 Å². The highest BCUT2D eigenvalue weighted by molar-refractivity contribution is 6.55. The lowest BCUT2D eigenvalue weighted by Gasteiger charge is -2.32. The van der Waals surface area contributed by atoms with Gasteiger partial charge in [0.2, 0.25) is 5.91 Å². The molecule has 0 aromatic rings. The van der Waals surface area contributed by atoms with E-state index in [9.17, 15) is 4.79 Å². The lowest BCUT2D eigenvalue weighted by atomic mass is 9.79. The molecule has 0 saturated carbocycles. The van der Waals surface area contributed by atoms with Gasteiger partial charge in [-0.15, -0.1) is 0 Å². The topological polar surface area (TPSA) is 38.8 Å². The molecule has 1 rings (SSSR count). The summed E-state index contributed by atoms with van der Waals surface area (Å²) >= 11 is 0. The summed E-state index contributed by atoms with van der Waals surface area (Å²) in [5.41, 5.74) is 0.0753. The molecule has 1 aliphatic heterocycles. The minimum Gasteiger partial charge on any atom is -0.400 e. The van der Waals surface area contributed by atoms with E-state index in [-0.39, 0.29) is 17.1 Å². The average Bonchev–Trinajstić information content (AvgIpc) is 2.50. The smallest absolute Gasteiger partial charge is 0.400 e. The molecule has 0 spiro atoms. The van der Waals surface area contributed by atoms with E-state index in [1.807, 2.05) is 48.5 Å². The highest BCUT2D eigenvalue weighted by Crippen LogP contribution is 2.38. The first-order chi connectivity index (χ1) is 8.64. The third kappa shape index (κ3) is 3.40. The fourth-order valence-corrected chi connectivity index (χ4v) is 1.92. The van der Waals surface area contributed by atoms with Crippen LogP contribution in [-0.4, -0.2) is 42.2 Å². The van der Waals surface area contributed by atoms with Crippen LogP contribution in [0.1, 0.15) is 48.5 Å². The monoisotopic (exact) mass is 267 g/mol. The molecule has 0 aromatic carbocycles. The molecular formula is C14H26BNO3. The fraction of sp³-hybridized carbons (Fsp3) is 0.786. The summed E-state index contributed by atoms with van der Waals surface area (Å²) in [4.78, 5) is 13.8. The molecule has 19 heavy (non-hydrogen) atoms. The van der Waals surface area contributed by atoms with Crippen LogP contribution in [0.2, 0.25) is 0 Å². The molecule has 0 bridgehead atoms. The van der Waals surface area contributed by atoms with Crippen molar-refractivity contribution >= 4 is 13.0 Å². The molecule has 0 unspecified atom stereocenters. The predicted molar refractivity (Wildman–Crippen MR) is 77.8 cm³/mol. The first-order valence-corrected chi connectivity index (χ1v) is 6.97. The number of nitrogens with zero attached hydrogens (tertiary/aromatic N) is 1. The van der Waals surface area contributed by atoms with Crippen molar-refractivity contribution in [3.63, 3.8) is 0 Å². The number of hydrogen-bond donors (Lipinski definition) is 0. The summed E-state index contributed by atoms with van der Waals surface area (Å²) in [7, 11) is -0.440. The van der Waals surface area contributed by atoms with Crippen molar-refractivity contribution < 1.29 is 14.1 Å². The Morgan fingerprint density at radius 2 is 1.53 bits per heavy atom. The minimum absolute atomic E-state index is 0.0113. The van der Waals surface area contributed by atoms with Crippen molar-refractivity contribution in [1.29, 1.82) is 0 Å². The Bertz CT molecular complexity index is 357. The fourth-order valence-electron chi connectivity index (χ4n) is 1.92. The highest BCUT2D eigenvalue weighted by atomic mass is 16.7. The number of hydrogen-bond acceptors (Lipinski definition) is 3. The number of carbonyl (C=O) groups is 1. The quantitative estimate of drug-likeness (QED) is 0.580. The van der Waals surface area contributed by atoms with Crippen molar-refractivity contribution in [2.24, 2.45) is 0 Å². The molecule has 1 heterocycles. The van der Waals surface area contributed by atoms with E-state index in [4.69, 9.17) is 9.31 Å². The molecule has 5 heteroatoms. The van der Waals surface area contributed by atoms with Crippen LogP contribution in [0, 0.1) is 0 Å². The van der Waals surface area contributed by atoms with Gasteiger partial charge in [-0.25, -0.2) is 0 Å². The summed E-state index contributed by atoms with van der Waals surface area (Å²) in [5, 5.41) is 0. The Balaban J connectivity index is 2.80. The van der Waals surface area contributed by atoms with Crippen LogP contribution in [0.25, 0.3) is 0 Å². The van der Waals surface area contributed by atoms with Crippen LogP contribution in [0.15, 0.2) is 11.5 Å². The van der Waals surface area contributed by atoms with E-state index in [1.165, 1.54) is 0 Å². The van der Waals surface area contributed by atoms with Crippen LogP contribution >= 0.6 is 0 Å². The molecule has 0 aromatic heterocycles. The van der Waals surface area contributed by atoms with Gasteiger partial charge in [0.05, 0.1) is 11.2 Å². The maximum atomic E-state index is 12.0. The summed E-state index contributed by atoms with van der Waals surface area (Å²) in [6.45, 7) is 15.3. The van der Waals surface area contributed by atoms with Crippen LogP contribution in [0.4, 0.5) is 0 Å². The normalized spacial score (nSPS) is 21.6. The Morgan fingerprint density at radius 1 is 1.11 bits per heavy atom. The summed E-state index contributed by atoms with van der Waals surface area (Å²) in [6, 6.07) is 0. The van der Waals surface area contributed by atoms with E-state index in [2.05, 4.69) is 0 Å². The Labute approximate surface area is 117 Å². The predicted octanol–water partition coefficient (Wildman–Crippen LogP) is 2.43. The lowest BCUT2D eigenvalue weighted by Crippen LogP contribution is -2.41. The molecular weight excluding hydrogens is 241 g/mol. The zero-order valence-electron chi connectivity index (χ0n) is 13.2. The van der Waals surface area contributed by atoms with Gasteiger partial charge in [-0.1, -0.05) is 0 Å². The Kier molecular flexibility index (Phi) is 4.85. The molecule has 1 amide bonds. The molecule has 1 fully saturated rings. The molecule has 0 aliphatic carbocycles. The average molecular weight is 267 g/mol. The van der Waals surface area contributed by atoms with Crippen LogP contribution in [-0.2, 0) is 14.1 Å². The van der Waals surface area contributed by atoms with Gasteiger partial charge in [-0.05, 0) is 60.0 Å². The molecule has 0 radical (unpaired) electrons. The number of carbonyl (C=O) groups excluding carboxylic acids is 1. The number of allylic oxidation sites excluding steroid dienone is 1. The minimum atomic E-state index is -0.440. The first kappa shape index (κ1) is 16.2. The highest BCUT2D eigenvalue weighted by Gasteiger charge is 2.51. The molecule has 1 saturated heterocycles. The summed E-state index contributed by atoms with van der Waals surface area (Å²) in [6.07, 6.45) is 1.62. The molecule has 1 aliphatic rings. The molecule has 0 N–H and O–H groups in total. The van der Waals surface area contributed by atoms with Gasteiger partial charge < -0.3 is 14.2 Å². The van der Waals surface area contributed by atoms with Gasteiger partial charge in [0, 0.05) is 13.1 Å². The Hall–Kier alpha value is -0.805. The third-order valence-electron chi connectivity index (χ3n) is 4.05. The van der Waals surface area contributed by atoms with Gasteiger partial charge in [-0.2, -0.15) is 0 Å². The maximum absolute atomic E-state index is 12.0. The maximum Gasteiger partial charge on any atom is 0.490 e. The summed E-state index contributed by atoms with van der Waals surface area (Å²) in [5.74, 6) is 0.0113. The van der Waals surface area contributed by atoms with Crippen LogP contribution in [0.5, 0.6) is 0 Å². The van der Waals surface area contributed by atoms with E-state index in [1.54, 1.807) is 11.0 Å². The lowest BCUT2D eigenvalue weighted by molar-refractivity contribution is -0.125. The Morgan fingerprint density at radius 3 is 1.89 bits per heavy atom. The second-order valence-corrected chi connectivity index (χ2v) is 5.99. The zero-order chi connectivity index (χ0) is 14.8. The third-order valence-corrected chi connectivity index (χ3v) is 4.05. The molecule has 108 valence electrons. The van der Waals surface area contributed by atoms with Gasteiger partial charge in [0.25, 0.3) is 0 Å². The second kappa shape index (κ2) is 5.67. The van der Waals surface area contributed by atoms with E-state index in [0.29, 0.717) is 13.1 Å². The number of likely N-dealkylation sites (N-methyl/N-ethyl adjacent to an activating group) is 1. The first-order valence-electron chi connectivity index (χ1n) is 6.97. The van der Waals surface area contributed by atoms with Crippen molar-refractivity contribution in [2.45, 2.75) is 59.7 Å². The zero-order valence-corrected chi connectivity index (χ0v) is 13.2. The SMILES string of the molecule is CCN(CC)C(=O)/C=C(/C)B1OC(C)(C)C(C)(C)O1. The van der Waals surface area contributed by atoms with Gasteiger partial charge in [0.15, 0.2) is 0 Å². The van der Waals surface area contributed by atoms with Crippen LogP contribution in [0.3, 0.4) is 0 Å². The standard InChI is InChI=1S/C14H26BNO3/c1-8-16(9-2)12(17)10-11(3)15-18-13(4,5)14(6,7)19-15/h10H,8-9H2,1-7H3/b11-10-. The second-order valence-electron chi connectivity index (χ2n) is 5.99. The molecule has 0 atom stereocenters.